The van der Waals surface area contributed by atoms with Gasteiger partial charge in [0.2, 0.25) is 0 Å². The highest BCUT2D eigenvalue weighted by Crippen LogP contribution is 2.28. The molecule has 2 atom stereocenters. The van der Waals surface area contributed by atoms with E-state index in [4.69, 9.17) is 0 Å². The molecule has 0 aliphatic carbocycles. The van der Waals surface area contributed by atoms with Crippen molar-refractivity contribution in [1.29, 1.82) is 0 Å². The summed E-state index contributed by atoms with van der Waals surface area (Å²) in [7, 11) is 0. The largest absolute Gasteiger partial charge is 0.316 e. The van der Waals surface area contributed by atoms with Gasteiger partial charge in [0.05, 0.1) is 0 Å². The van der Waals surface area contributed by atoms with E-state index in [1.165, 1.54) is 58.0 Å². The van der Waals surface area contributed by atoms with Gasteiger partial charge in [0.15, 0.2) is 0 Å². The molecular formula is C13H29N. The van der Waals surface area contributed by atoms with E-state index in [9.17, 15) is 0 Å². The van der Waals surface area contributed by atoms with Gasteiger partial charge in [-0.05, 0) is 37.8 Å². The summed E-state index contributed by atoms with van der Waals surface area (Å²) in [6, 6.07) is 0. The first-order valence-electron chi connectivity index (χ1n) is 6.59. The molecule has 0 radical (unpaired) electrons. The molecule has 0 saturated carbocycles. The molecule has 1 N–H and O–H groups in total. The molecule has 1 aliphatic heterocycles. The maximum Gasteiger partial charge on any atom is 0 e. The smallest absolute Gasteiger partial charge is 0 e. The van der Waals surface area contributed by atoms with E-state index < -0.39 is 0 Å². The molecule has 0 aromatic carbocycles. The molecular weight excluding hydrogens is 170 g/mol. The third-order valence-electron chi connectivity index (χ3n) is 3.59. The van der Waals surface area contributed by atoms with Crippen LogP contribution in [0.5, 0.6) is 0 Å². The van der Waals surface area contributed by atoms with Crippen LogP contribution in [0.1, 0.15) is 60.2 Å². The van der Waals surface area contributed by atoms with Gasteiger partial charge < -0.3 is 5.32 Å². The van der Waals surface area contributed by atoms with Crippen molar-refractivity contribution in [3.8, 4) is 0 Å². The lowest BCUT2D eigenvalue weighted by Gasteiger charge is -2.30. The summed E-state index contributed by atoms with van der Waals surface area (Å²) >= 11 is 0. The molecule has 14 heavy (non-hydrogen) atoms. The maximum absolute atomic E-state index is 3.55. The molecule has 1 heterocycles. The fraction of sp³-hybridized carbons (Fsp3) is 1.00. The number of rotatable bonds is 6. The average molecular weight is 199 g/mol. The Hall–Kier alpha value is -0.0400. The Kier molecular flexibility index (Phi) is 6.25. The van der Waals surface area contributed by atoms with Crippen LogP contribution in [0, 0.1) is 11.8 Å². The zero-order chi connectivity index (χ0) is 10.2. The highest BCUT2D eigenvalue weighted by molar-refractivity contribution is 4.76. The van der Waals surface area contributed by atoms with Crippen LogP contribution in [0.15, 0.2) is 0 Å². The van der Waals surface area contributed by atoms with Crippen LogP contribution < -0.4 is 5.32 Å². The molecule has 1 nitrogen and oxygen atoms in total. The summed E-state index contributed by atoms with van der Waals surface area (Å²) in [5.41, 5.74) is 0. The first-order chi connectivity index (χ1) is 6.88. The van der Waals surface area contributed by atoms with Gasteiger partial charge in [-0.1, -0.05) is 46.0 Å². The zero-order valence-corrected chi connectivity index (χ0v) is 10.0. The lowest BCUT2D eigenvalue weighted by molar-refractivity contribution is 0.233. The summed E-state index contributed by atoms with van der Waals surface area (Å²) in [5.74, 6) is 1.99. The van der Waals surface area contributed by atoms with E-state index in [0.29, 0.717) is 0 Å². The van der Waals surface area contributed by atoms with E-state index >= 15 is 0 Å². The minimum Gasteiger partial charge on any atom is -0.316 e. The van der Waals surface area contributed by atoms with Gasteiger partial charge in [-0.3, -0.25) is 0 Å². The van der Waals surface area contributed by atoms with Crippen molar-refractivity contribution in [3.05, 3.63) is 0 Å². The van der Waals surface area contributed by atoms with Crippen molar-refractivity contribution in [2.24, 2.45) is 11.8 Å². The monoisotopic (exact) mass is 199 g/mol. The highest BCUT2D eigenvalue weighted by Gasteiger charge is 2.21. The summed E-state index contributed by atoms with van der Waals surface area (Å²) in [5, 5.41) is 3.55. The Morgan fingerprint density at radius 3 is 2.71 bits per heavy atom. The predicted octanol–water partition coefficient (Wildman–Crippen LogP) is 3.84. The second-order valence-electron chi connectivity index (χ2n) is 4.80. The summed E-state index contributed by atoms with van der Waals surface area (Å²) in [4.78, 5) is 0. The van der Waals surface area contributed by atoms with Crippen molar-refractivity contribution in [2.75, 3.05) is 13.1 Å². The Labute approximate surface area is 91.1 Å². The van der Waals surface area contributed by atoms with E-state index in [0.717, 1.165) is 11.8 Å². The number of hydrogen-bond acceptors (Lipinski definition) is 1. The molecule has 1 fully saturated rings. The summed E-state index contributed by atoms with van der Waals surface area (Å²) in [6.07, 6.45) is 9.95. The van der Waals surface area contributed by atoms with Gasteiger partial charge in [0.25, 0.3) is 0 Å². The molecule has 1 aliphatic rings. The third-order valence-corrected chi connectivity index (χ3v) is 3.59. The minimum absolute atomic E-state index is 0. The van der Waals surface area contributed by atoms with Gasteiger partial charge in [-0.25, -0.2) is 0 Å². The Morgan fingerprint density at radius 2 is 2.14 bits per heavy atom. The first kappa shape index (κ1) is 12.0. The average Bonchev–Trinajstić information content (AvgIpc) is 2.25. The molecule has 0 aromatic rings. The van der Waals surface area contributed by atoms with Crippen LogP contribution in [-0.2, 0) is 0 Å². The van der Waals surface area contributed by atoms with Gasteiger partial charge in [-0.15, -0.1) is 0 Å². The van der Waals surface area contributed by atoms with E-state index in [1.807, 2.05) is 0 Å². The topological polar surface area (TPSA) is 12.0 Å². The second kappa shape index (κ2) is 7.28. The lowest BCUT2D eigenvalue weighted by Crippen LogP contribution is -2.34. The fourth-order valence-electron chi connectivity index (χ4n) is 2.73. The quantitative estimate of drug-likeness (QED) is 0.685. The standard InChI is InChI=1S/C13H27N.H2/c1-3-5-8-12(7-4-2)13-9-6-10-14-11-13;/h12-14H,3-11H2,1-2H3;1H. The number of nitrogens with one attached hydrogen (secondary N) is 1. The van der Waals surface area contributed by atoms with Gasteiger partial charge >= 0.3 is 0 Å². The molecule has 0 aromatic heterocycles. The molecule has 2 unspecified atom stereocenters. The van der Waals surface area contributed by atoms with Crippen molar-refractivity contribution in [3.63, 3.8) is 0 Å². The van der Waals surface area contributed by atoms with Crippen LogP contribution in [-0.4, -0.2) is 13.1 Å². The highest BCUT2D eigenvalue weighted by atomic mass is 14.9. The number of hydrogen-bond donors (Lipinski definition) is 1. The van der Waals surface area contributed by atoms with Crippen LogP contribution in [0.25, 0.3) is 0 Å². The number of piperidine rings is 1. The van der Waals surface area contributed by atoms with Gasteiger partial charge in [0, 0.05) is 1.43 Å². The van der Waals surface area contributed by atoms with Crippen LogP contribution in [0.3, 0.4) is 0 Å². The van der Waals surface area contributed by atoms with Crippen molar-refractivity contribution < 1.29 is 1.43 Å². The Balaban J connectivity index is 0.00000196. The maximum atomic E-state index is 3.55. The second-order valence-corrected chi connectivity index (χ2v) is 4.80. The molecule has 0 spiro atoms. The molecule has 1 heteroatoms. The SMILES string of the molecule is CCCCC(CCC)C1CCCNC1.[HH]. The van der Waals surface area contributed by atoms with Crippen molar-refractivity contribution in [2.45, 2.75) is 58.8 Å². The molecule has 1 rings (SSSR count). The van der Waals surface area contributed by atoms with Crippen molar-refractivity contribution in [1.82, 2.24) is 5.32 Å². The lowest BCUT2D eigenvalue weighted by atomic mass is 9.80. The third kappa shape index (κ3) is 4.00. The normalized spacial score (nSPS) is 24.9. The van der Waals surface area contributed by atoms with E-state index in [1.54, 1.807) is 0 Å². The van der Waals surface area contributed by atoms with Crippen LogP contribution in [0.2, 0.25) is 0 Å². The van der Waals surface area contributed by atoms with Gasteiger partial charge in [0.1, 0.15) is 0 Å². The van der Waals surface area contributed by atoms with Crippen LogP contribution in [0.4, 0.5) is 0 Å². The zero-order valence-electron chi connectivity index (χ0n) is 10.0. The Morgan fingerprint density at radius 1 is 1.29 bits per heavy atom. The number of unbranched alkanes of at least 4 members (excludes halogenated alkanes) is 1. The van der Waals surface area contributed by atoms with E-state index in [2.05, 4.69) is 19.2 Å². The molecule has 86 valence electrons. The summed E-state index contributed by atoms with van der Waals surface area (Å²) in [6.45, 7) is 7.18. The fourth-order valence-corrected chi connectivity index (χ4v) is 2.73. The minimum atomic E-state index is 0. The van der Waals surface area contributed by atoms with E-state index in [-0.39, 0.29) is 1.43 Å². The predicted molar refractivity (Wildman–Crippen MR) is 65.6 cm³/mol. The van der Waals surface area contributed by atoms with Gasteiger partial charge in [-0.2, -0.15) is 0 Å². The van der Waals surface area contributed by atoms with Crippen molar-refractivity contribution >= 4 is 0 Å². The molecule has 1 saturated heterocycles. The molecule has 0 bridgehead atoms. The summed E-state index contributed by atoms with van der Waals surface area (Å²) < 4.78 is 0. The van der Waals surface area contributed by atoms with Crippen LogP contribution >= 0.6 is 0 Å². The molecule has 0 amide bonds. The first-order valence-corrected chi connectivity index (χ1v) is 6.59. The Bertz CT molecular complexity index is 132.